The molecular weight excluding hydrogens is 186 g/mol. The van der Waals surface area contributed by atoms with E-state index in [2.05, 4.69) is 0 Å². The van der Waals surface area contributed by atoms with Crippen molar-refractivity contribution in [3.8, 4) is 0 Å². The highest BCUT2D eigenvalue weighted by Crippen LogP contribution is 2.64. The summed E-state index contributed by atoms with van der Waals surface area (Å²) in [6.45, 7) is 0. The fourth-order valence-electron chi connectivity index (χ4n) is 4.10. The highest BCUT2D eigenvalue weighted by Gasteiger charge is 2.63. The van der Waals surface area contributed by atoms with Crippen molar-refractivity contribution in [2.75, 3.05) is 0 Å². The third kappa shape index (κ3) is 0.908. The highest BCUT2D eigenvalue weighted by atomic mass is 19.3. The maximum atomic E-state index is 13.7. The average Bonchev–Trinajstić information content (AvgIpc) is 2.14. The number of hydrogen-bond donors (Lipinski definition) is 0. The Hall–Kier alpha value is -0.470. The number of halogens is 2. The zero-order valence-corrected chi connectivity index (χ0v) is 8.01. The molecule has 1 nitrogen and oxygen atoms in total. The third-order valence-electron chi connectivity index (χ3n) is 4.58. The Kier molecular flexibility index (Phi) is 1.49. The smallest absolute Gasteiger partial charge is 0.253 e. The van der Waals surface area contributed by atoms with E-state index in [-0.39, 0.29) is 5.41 Å². The van der Waals surface area contributed by atoms with E-state index >= 15 is 0 Å². The van der Waals surface area contributed by atoms with Crippen LogP contribution in [-0.2, 0) is 4.79 Å². The summed E-state index contributed by atoms with van der Waals surface area (Å²) in [5.74, 6) is -3.08. The molecule has 0 N–H and O–H groups in total. The maximum absolute atomic E-state index is 13.7. The van der Waals surface area contributed by atoms with E-state index in [9.17, 15) is 13.6 Å². The van der Waals surface area contributed by atoms with Crippen molar-refractivity contribution in [1.29, 1.82) is 0 Å². The normalized spacial score (nSPS) is 53.4. The molecule has 14 heavy (non-hydrogen) atoms. The van der Waals surface area contributed by atoms with Crippen LogP contribution in [0.5, 0.6) is 0 Å². The quantitative estimate of drug-likeness (QED) is 0.595. The zero-order chi connectivity index (χ0) is 9.97. The highest BCUT2D eigenvalue weighted by molar-refractivity contribution is 5.60. The average molecular weight is 200 g/mol. The van der Waals surface area contributed by atoms with Gasteiger partial charge in [0, 0.05) is 17.3 Å². The van der Waals surface area contributed by atoms with Crippen LogP contribution in [-0.4, -0.2) is 12.2 Å². The summed E-state index contributed by atoms with van der Waals surface area (Å²) in [4.78, 5) is 11.0. The van der Waals surface area contributed by atoms with Crippen LogP contribution in [0.4, 0.5) is 8.78 Å². The summed E-state index contributed by atoms with van der Waals surface area (Å²) in [7, 11) is 0. The molecule has 0 saturated heterocycles. The molecule has 2 unspecified atom stereocenters. The van der Waals surface area contributed by atoms with Gasteiger partial charge in [0.15, 0.2) is 0 Å². The molecule has 4 saturated carbocycles. The molecule has 0 radical (unpaired) electrons. The van der Waals surface area contributed by atoms with Gasteiger partial charge in [-0.2, -0.15) is 0 Å². The molecule has 0 spiro atoms. The van der Waals surface area contributed by atoms with Crippen LogP contribution in [0.3, 0.4) is 0 Å². The van der Waals surface area contributed by atoms with E-state index < -0.39 is 17.8 Å². The van der Waals surface area contributed by atoms with Crippen molar-refractivity contribution >= 4 is 6.29 Å². The molecule has 4 aliphatic rings. The second kappa shape index (κ2) is 2.37. The Morgan fingerprint density at radius 3 is 2.14 bits per heavy atom. The predicted molar refractivity (Wildman–Crippen MR) is 47.0 cm³/mol. The Balaban J connectivity index is 1.99. The molecule has 3 heteroatoms. The van der Waals surface area contributed by atoms with Crippen LogP contribution in [0.1, 0.15) is 32.1 Å². The number of hydrogen-bond acceptors (Lipinski definition) is 1. The molecule has 4 bridgehead atoms. The van der Waals surface area contributed by atoms with E-state index in [1.54, 1.807) is 0 Å². The predicted octanol–water partition coefficient (Wildman–Crippen LogP) is 2.65. The van der Waals surface area contributed by atoms with Crippen molar-refractivity contribution in [3.05, 3.63) is 0 Å². The Morgan fingerprint density at radius 1 is 1.07 bits per heavy atom. The number of rotatable bonds is 1. The minimum Gasteiger partial charge on any atom is -0.303 e. The fraction of sp³-hybridized carbons (Fsp3) is 0.909. The summed E-state index contributed by atoms with van der Waals surface area (Å²) in [6.07, 6.45) is 4.03. The summed E-state index contributed by atoms with van der Waals surface area (Å²) in [5, 5.41) is 0. The first-order valence-corrected chi connectivity index (χ1v) is 5.40. The first-order chi connectivity index (χ1) is 6.56. The zero-order valence-electron chi connectivity index (χ0n) is 8.01. The minimum atomic E-state index is -2.48. The van der Waals surface area contributed by atoms with Crippen LogP contribution in [0.15, 0.2) is 0 Å². The standard InChI is InChI=1S/C11H14F2O/c12-11(13)8-1-7-2-9(11)5-10(3-7,4-8)6-14/h6-9H,1-5H2. The van der Waals surface area contributed by atoms with E-state index in [1.165, 1.54) is 0 Å². The molecule has 0 heterocycles. The monoisotopic (exact) mass is 200 g/mol. The molecule has 0 aromatic carbocycles. The van der Waals surface area contributed by atoms with Crippen molar-refractivity contribution in [2.24, 2.45) is 23.2 Å². The third-order valence-corrected chi connectivity index (χ3v) is 4.58. The summed E-state index contributed by atoms with van der Waals surface area (Å²) < 4.78 is 27.4. The maximum Gasteiger partial charge on any atom is 0.253 e. The van der Waals surface area contributed by atoms with Crippen LogP contribution in [0, 0.1) is 23.2 Å². The lowest BCUT2D eigenvalue weighted by Gasteiger charge is -2.57. The Bertz CT molecular complexity index is 269. The van der Waals surface area contributed by atoms with Gasteiger partial charge in [0.2, 0.25) is 0 Å². The van der Waals surface area contributed by atoms with Gasteiger partial charge in [0.25, 0.3) is 5.92 Å². The lowest BCUT2D eigenvalue weighted by molar-refractivity contribution is -0.220. The van der Waals surface area contributed by atoms with Gasteiger partial charge < -0.3 is 4.79 Å². The number of aldehydes is 1. The molecule has 4 fully saturated rings. The van der Waals surface area contributed by atoms with Gasteiger partial charge in [-0.3, -0.25) is 0 Å². The Morgan fingerprint density at radius 2 is 1.64 bits per heavy atom. The summed E-state index contributed by atoms with van der Waals surface area (Å²) >= 11 is 0. The molecular formula is C11H14F2O. The van der Waals surface area contributed by atoms with Crippen molar-refractivity contribution < 1.29 is 13.6 Å². The number of carbonyl (C=O) groups is 1. The van der Waals surface area contributed by atoms with E-state index in [0.29, 0.717) is 31.6 Å². The molecule has 4 rings (SSSR count). The van der Waals surface area contributed by atoms with Crippen LogP contribution in [0.25, 0.3) is 0 Å². The second-order valence-electron chi connectivity index (χ2n) is 5.50. The van der Waals surface area contributed by atoms with Gasteiger partial charge in [-0.25, -0.2) is 8.78 Å². The second-order valence-corrected chi connectivity index (χ2v) is 5.50. The van der Waals surface area contributed by atoms with Gasteiger partial charge >= 0.3 is 0 Å². The van der Waals surface area contributed by atoms with Crippen molar-refractivity contribution in [3.63, 3.8) is 0 Å². The molecule has 0 amide bonds. The van der Waals surface area contributed by atoms with Gasteiger partial charge in [0.05, 0.1) is 0 Å². The largest absolute Gasteiger partial charge is 0.303 e. The number of alkyl halides is 2. The van der Waals surface area contributed by atoms with Gasteiger partial charge in [-0.05, 0) is 38.0 Å². The molecule has 0 aliphatic heterocycles. The fourth-order valence-corrected chi connectivity index (χ4v) is 4.10. The van der Waals surface area contributed by atoms with Crippen LogP contribution >= 0.6 is 0 Å². The number of carbonyl (C=O) groups excluding carboxylic acids is 1. The molecule has 0 aromatic rings. The van der Waals surface area contributed by atoms with Crippen LogP contribution in [0.2, 0.25) is 0 Å². The molecule has 0 aromatic heterocycles. The first-order valence-electron chi connectivity index (χ1n) is 5.40. The van der Waals surface area contributed by atoms with Crippen molar-refractivity contribution in [2.45, 2.75) is 38.0 Å². The topological polar surface area (TPSA) is 17.1 Å². The summed E-state index contributed by atoms with van der Waals surface area (Å²) in [5.41, 5.74) is -0.363. The lowest BCUT2D eigenvalue weighted by atomic mass is 9.48. The van der Waals surface area contributed by atoms with Crippen molar-refractivity contribution in [1.82, 2.24) is 0 Å². The molecule has 4 aliphatic carbocycles. The lowest BCUT2D eigenvalue weighted by Crippen LogP contribution is -2.57. The summed E-state index contributed by atoms with van der Waals surface area (Å²) in [6, 6.07) is 0. The Labute approximate surface area is 81.9 Å². The molecule has 2 atom stereocenters. The first kappa shape index (κ1) is 8.81. The minimum absolute atomic E-state index is 0.363. The molecule has 78 valence electrons. The van der Waals surface area contributed by atoms with Gasteiger partial charge in [-0.1, -0.05) is 0 Å². The SMILES string of the molecule is O=CC12CC3CC(C1)C(F)(F)C(C3)C2. The van der Waals surface area contributed by atoms with Gasteiger partial charge in [-0.15, -0.1) is 0 Å². The van der Waals surface area contributed by atoms with Gasteiger partial charge in [0.1, 0.15) is 6.29 Å². The van der Waals surface area contributed by atoms with E-state index in [4.69, 9.17) is 0 Å². The van der Waals surface area contributed by atoms with Crippen LogP contribution < -0.4 is 0 Å². The van der Waals surface area contributed by atoms with E-state index in [1.807, 2.05) is 0 Å². The van der Waals surface area contributed by atoms with E-state index in [0.717, 1.165) is 12.7 Å².